The van der Waals surface area contributed by atoms with E-state index in [1.54, 1.807) is 13.1 Å². The second-order valence-electron chi connectivity index (χ2n) is 5.40. The van der Waals surface area contributed by atoms with Gasteiger partial charge in [-0.3, -0.25) is 4.98 Å². The van der Waals surface area contributed by atoms with Crippen LogP contribution in [0.2, 0.25) is 0 Å². The van der Waals surface area contributed by atoms with Gasteiger partial charge in [0.1, 0.15) is 6.61 Å². The van der Waals surface area contributed by atoms with Crippen LogP contribution < -0.4 is 5.32 Å². The van der Waals surface area contributed by atoms with E-state index < -0.39 is 11.6 Å². The summed E-state index contributed by atoms with van der Waals surface area (Å²) >= 11 is 0. The third-order valence-corrected chi connectivity index (χ3v) is 3.26. The molecule has 5 nitrogen and oxygen atoms in total. The molecule has 116 valence electrons. The lowest BCUT2D eigenvalue weighted by atomic mass is 9.97. The summed E-state index contributed by atoms with van der Waals surface area (Å²) in [5, 5.41) is 12.3. The summed E-state index contributed by atoms with van der Waals surface area (Å²) in [4.78, 5) is 16.1. The molecular weight excluding hydrogens is 280 g/mol. The number of alkyl carbamates (subject to hydrolysis) is 1. The zero-order chi connectivity index (χ0) is 15.8. The van der Waals surface area contributed by atoms with Crippen molar-refractivity contribution < 1.29 is 14.6 Å². The molecule has 2 N–H and O–H groups in total. The molecule has 2 aromatic rings. The van der Waals surface area contributed by atoms with Gasteiger partial charge in [0.2, 0.25) is 0 Å². The third-order valence-electron chi connectivity index (χ3n) is 3.26. The Kier molecular flexibility index (Phi) is 5.49. The molecule has 1 aromatic carbocycles. The lowest BCUT2D eigenvalue weighted by Crippen LogP contribution is -2.50. The van der Waals surface area contributed by atoms with Crippen LogP contribution in [-0.4, -0.2) is 28.3 Å². The number of nitrogens with one attached hydrogen (secondary N) is 1. The number of amides is 1. The molecule has 0 saturated heterocycles. The van der Waals surface area contributed by atoms with Gasteiger partial charge in [0.15, 0.2) is 0 Å². The molecule has 1 heterocycles. The molecular formula is C17H20N2O3. The predicted octanol–water partition coefficient (Wildman–Crippen LogP) is 2.30. The van der Waals surface area contributed by atoms with Gasteiger partial charge in [-0.05, 0) is 24.6 Å². The van der Waals surface area contributed by atoms with E-state index in [0.717, 1.165) is 11.3 Å². The van der Waals surface area contributed by atoms with Crippen LogP contribution >= 0.6 is 0 Å². The molecule has 1 amide bonds. The number of aliphatic hydroxyl groups excluding tert-OH is 1. The fraction of sp³-hybridized carbons (Fsp3) is 0.294. The first-order valence-corrected chi connectivity index (χ1v) is 7.11. The predicted molar refractivity (Wildman–Crippen MR) is 83.2 cm³/mol. The number of hydrogen-bond donors (Lipinski definition) is 2. The van der Waals surface area contributed by atoms with E-state index in [1.807, 2.05) is 48.5 Å². The van der Waals surface area contributed by atoms with E-state index in [2.05, 4.69) is 10.3 Å². The van der Waals surface area contributed by atoms with Crippen LogP contribution in [0.1, 0.15) is 18.2 Å². The summed E-state index contributed by atoms with van der Waals surface area (Å²) < 4.78 is 5.18. The standard InChI is InChI=1S/C17H20N2O3/c1-17(13-20,11-15-9-5-6-10-18-15)19-16(21)22-12-14-7-3-2-4-8-14/h2-10,20H,11-13H2,1H3,(H,19,21). The number of carbonyl (C=O) groups excluding carboxylic acids is 1. The van der Waals surface area contributed by atoms with Gasteiger partial charge in [-0.25, -0.2) is 4.79 Å². The van der Waals surface area contributed by atoms with Crippen LogP contribution in [0.3, 0.4) is 0 Å². The second-order valence-corrected chi connectivity index (χ2v) is 5.40. The molecule has 0 bridgehead atoms. The van der Waals surface area contributed by atoms with E-state index in [0.29, 0.717) is 6.42 Å². The Morgan fingerprint density at radius 1 is 1.23 bits per heavy atom. The summed E-state index contributed by atoms with van der Waals surface area (Å²) in [6, 6.07) is 15.0. The third kappa shape index (κ3) is 4.86. The molecule has 2 rings (SSSR count). The Morgan fingerprint density at radius 2 is 1.95 bits per heavy atom. The number of aliphatic hydroxyl groups is 1. The fourth-order valence-corrected chi connectivity index (χ4v) is 2.05. The SMILES string of the molecule is CC(CO)(Cc1ccccn1)NC(=O)OCc1ccccc1. The Labute approximate surface area is 130 Å². The highest BCUT2D eigenvalue weighted by Gasteiger charge is 2.27. The smallest absolute Gasteiger partial charge is 0.407 e. The lowest BCUT2D eigenvalue weighted by molar-refractivity contribution is 0.111. The topological polar surface area (TPSA) is 71.5 Å². The van der Waals surface area contributed by atoms with Crippen LogP contribution in [0.5, 0.6) is 0 Å². The number of hydrogen-bond acceptors (Lipinski definition) is 4. The minimum Gasteiger partial charge on any atom is -0.445 e. The maximum absolute atomic E-state index is 11.9. The van der Waals surface area contributed by atoms with Crippen LogP contribution in [0.25, 0.3) is 0 Å². The van der Waals surface area contributed by atoms with Crippen molar-refractivity contribution >= 4 is 6.09 Å². The fourth-order valence-electron chi connectivity index (χ4n) is 2.05. The van der Waals surface area contributed by atoms with Crippen LogP contribution in [0.4, 0.5) is 4.79 Å². The van der Waals surface area contributed by atoms with Gasteiger partial charge in [-0.15, -0.1) is 0 Å². The van der Waals surface area contributed by atoms with Gasteiger partial charge in [0, 0.05) is 18.3 Å². The lowest BCUT2D eigenvalue weighted by Gasteiger charge is -2.27. The molecule has 0 spiro atoms. The number of nitrogens with zero attached hydrogens (tertiary/aromatic N) is 1. The van der Waals surface area contributed by atoms with Gasteiger partial charge in [0.05, 0.1) is 12.1 Å². The van der Waals surface area contributed by atoms with E-state index in [9.17, 15) is 9.90 Å². The average molecular weight is 300 g/mol. The van der Waals surface area contributed by atoms with Crippen LogP contribution in [0, 0.1) is 0 Å². The maximum Gasteiger partial charge on any atom is 0.407 e. The second kappa shape index (κ2) is 7.56. The van der Waals surface area contributed by atoms with Crippen molar-refractivity contribution in [3.8, 4) is 0 Å². The molecule has 1 atom stereocenters. The summed E-state index contributed by atoms with van der Waals surface area (Å²) in [5.41, 5.74) is 0.887. The first kappa shape index (κ1) is 16.0. The summed E-state index contributed by atoms with van der Waals surface area (Å²) in [6.07, 6.45) is 1.54. The molecule has 0 radical (unpaired) electrons. The Balaban J connectivity index is 1.89. The van der Waals surface area contributed by atoms with Gasteiger partial charge < -0.3 is 15.2 Å². The van der Waals surface area contributed by atoms with Gasteiger partial charge in [0.25, 0.3) is 0 Å². The Hall–Kier alpha value is -2.40. The number of benzene rings is 1. The molecule has 5 heteroatoms. The molecule has 1 unspecified atom stereocenters. The van der Waals surface area contributed by atoms with Crippen molar-refractivity contribution in [2.75, 3.05) is 6.61 Å². The number of aromatic nitrogens is 1. The zero-order valence-corrected chi connectivity index (χ0v) is 12.5. The highest BCUT2D eigenvalue weighted by atomic mass is 16.5. The summed E-state index contributed by atoms with van der Waals surface area (Å²) in [7, 11) is 0. The van der Waals surface area contributed by atoms with Crippen molar-refractivity contribution in [1.82, 2.24) is 10.3 Å². The van der Waals surface area contributed by atoms with Gasteiger partial charge in [-0.1, -0.05) is 36.4 Å². The number of ether oxygens (including phenoxy) is 1. The van der Waals surface area contributed by atoms with E-state index >= 15 is 0 Å². The van der Waals surface area contributed by atoms with Crippen molar-refractivity contribution in [3.05, 3.63) is 66.0 Å². The van der Waals surface area contributed by atoms with E-state index in [1.165, 1.54) is 0 Å². The normalized spacial score (nSPS) is 13.2. The van der Waals surface area contributed by atoms with E-state index in [4.69, 9.17) is 4.74 Å². The highest BCUT2D eigenvalue weighted by Crippen LogP contribution is 2.11. The Morgan fingerprint density at radius 3 is 2.59 bits per heavy atom. The van der Waals surface area contributed by atoms with Gasteiger partial charge in [-0.2, -0.15) is 0 Å². The monoisotopic (exact) mass is 300 g/mol. The van der Waals surface area contributed by atoms with E-state index in [-0.39, 0.29) is 13.2 Å². The molecule has 0 saturated carbocycles. The zero-order valence-electron chi connectivity index (χ0n) is 12.5. The maximum atomic E-state index is 11.9. The van der Waals surface area contributed by atoms with Crippen LogP contribution in [0.15, 0.2) is 54.7 Å². The largest absolute Gasteiger partial charge is 0.445 e. The Bertz CT molecular complexity index is 589. The number of rotatable bonds is 6. The molecule has 0 aliphatic carbocycles. The molecule has 0 aliphatic rings. The van der Waals surface area contributed by atoms with Crippen molar-refractivity contribution in [3.63, 3.8) is 0 Å². The molecule has 0 fully saturated rings. The minimum atomic E-state index is -0.817. The van der Waals surface area contributed by atoms with Crippen molar-refractivity contribution in [1.29, 1.82) is 0 Å². The summed E-state index contributed by atoms with van der Waals surface area (Å²) in [5.74, 6) is 0. The average Bonchev–Trinajstić information content (AvgIpc) is 2.55. The first-order chi connectivity index (χ1) is 10.6. The first-order valence-electron chi connectivity index (χ1n) is 7.11. The molecule has 1 aromatic heterocycles. The number of carbonyl (C=O) groups is 1. The minimum absolute atomic E-state index is 0.192. The molecule has 22 heavy (non-hydrogen) atoms. The highest BCUT2D eigenvalue weighted by molar-refractivity contribution is 5.68. The van der Waals surface area contributed by atoms with Crippen molar-refractivity contribution in [2.24, 2.45) is 0 Å². The quantitative estimate of drug-likeness (QED) is 0.858. The molecule has 0 aliphatic heterocycles. The van der Waals surface area contributed by atoms with Crippen molar-refractivity contribution in [2.45, 2.75) is 25.5 Å². The van der Waals surface area contributed by atoms with Gasteiger partial charge >= 0.3 is 6.09 Å². The van der Waals surface area contributed by atoms with Crippen LogP contribution in [-0.2, 0) is 17.8 Å². The number of pyridine rings is 1. The summed E-state index contributed by atoms with van der Waals surface area (Å²) in [6.45, 7) is 1.74.